The number of azide groups is 1. The van der Waals surface area contributed by atoms with E-state index in [0.29, 0.717) is 25.9 Å². The Morgan fingerprint density at radius 1 is 1.00 bits per heavy atom. The second-order valence-corrected chi connectivity index (χ2v) is 8.48. The molecule has 3 unspecified atom stereocenters. The summed E-state index contributed by atoms with van der Waals surface area (Å²) in [6, 6.07) is 18.5. The van der Waals surface area contributed by atoms with Crippen molar-refractivity contribution in [2.75, 3.05) is 0 Å². The predicted octanol–water partition coefficient (Wildman–Crippen LogP) is 1.16. The van der Waals surface area contributed by atoms with Crippen LogP contribution in [0.15, 0.2) is 65.8 Å². The van der Waals surface area contributed by atoms with Gasteiger partial charge in [-0.25, -0.2) is 8.42 Å². The maximum Gasteiger partial charge on any atom is 1.00 e. The topological polar surface area (TPSA) is 118 Å². The summed E-state index contributed by atoms with van der Waals surface area (Å²) in [6.45, 7) is 1.09. The Labute approximate surface area is 205 Å². The predicted molar refractivity (Wildman–Crippen MR) is 112 cm³/mol. The van der Waals surface area contributed by atoms with E-state index in [2.05, 4.69) is 14.9 Å². The zero-order valence-corrected chi connectivity index (χ0v) is 20.4. The Kier molecular flexibility index (Phi) is 10.5. The van der Waals surface area contributed by atoms with Crippen molar-refractivity contribution in [1.29, 1.82) is 0 Å². The summed E-state index contributed by atoms with van der Waals surface area (Å²) < 4.78 is 39.5. The van der Waals surface area contributed by atoms with Crippen molar-refractivity contribution in [2.45, 2.75) is 57.0 Å². The van der Waals surface area contributed by atoms with Gasteiger partial charge >= 0.3 is 29.6 Å². The average Bonchev–Trinajstić information content (AvgIpc) is 2.91. The van der Waals surface area contributed by atoms with Crippen molar-refractivity contribution in [2.24, 2.45) is 5.11 Å². The van der Waals surface area contributed by atoms with Gasteiger partial charge < -0.3 is 4.55 Å². The summed E-state index contributed by atoms with van der Waals surface area (Å²) in [6.07, 6.45) is 1.67. The van der Waals surface area contributed by atoms with Crippen LogP contribution in [0.5, 0.6) is 0 Å². The van der Waals surface area contributed by atoms with Gasteiger partial charge in [0.2, 0.25) is 10.4 Å². The molecular formula is C21H25N4NaO4S. The van der Waals surface area contributed by atoms with Crippen LogP contribution in [0.2, 0.25) is 0 Å². The maximum atomic E-state index is 11.5. The van der Waals surface area contributed by atoms with Gasteiger partial charge in [0.25, 0.3) is 0 Å². The fraction of sp³-hybridized carbons (Fsp3) is 0.429. The molecule has 1 aliphatic carbocycles. The molecular weight excluding hydrogens is 427 g/mol. The minimum Gasteiger partial charge on any atom is -0.726 e. The zero-order chi connectivity index (χ0) is 21.4. The van der Waals surface area contributed by atoms with Gasteiger partial charge in [-0.3, -0.25) is 9.08 Å². The Balaban J connectivity index is 0.00000341. The van der Waals surface area contributed by atoms with Crippen molar-refractivity contribution in [3.05, 3.63) is 82.2 Å². The quantitative estimate of drug-likeness (QED) is 0.113. The van der Waals surface area contributed by atoms with E-state index in [-0.39, 0.29) is 29.6 Å². The third kappa shape index (κ3) is 8.21. The molecule has 3 atom stereocenters. The smallest absolute Gasteiger partial charge is 0.726 e. The Morgan fingerprint density at radius 3 is 2.00 bits per heavy atom. The molecule has 31 heavy (non-hydrogen) atoms. The normalized spacial score (nSPS) is 21.5. The molecule has 1 saturated carbocycles. The van der Waals surface area contributed by atoms with Gasteiger partial charge in [0.1, 0.15) is 0 Å². The van der Waals surface area contributed by atoms with Gasteiger partial charge in [-0.05, 0) is 29.5 Å². The molecule has 2 aromatic rings. The molecule has 8 nitrogen and oxygen atoms in total. The van der Waals surface area contributed by atoms with E-state index in [4.69, 9.17) is 9.71 Å². The largest absolute Gasteiger partial charge is 1.00 e. The zero-order valence-electron chi connectivity index (χ0n) is 17.6. The molecule has 0 heterocycles. The second kappa shape index (κ2) is 12.6. The molecule has 0 bridgehead atoms. The van der Waals surface area contributed by atoms with Crippen LogP contribution in [0.1, 0.15) is 36.8 Å². The first kappa shape index (κ1) is 25.8. The standard InChI is InChI=1S/C21H26N4O4S.Na/c22-24-23-19-13-7-8-14-20(21(19)29-30(26,27)28)25(15-17-9-3-1-4-10-17)16-18-11-5-2-6-12-18;/h1-6,9-12,19-21H,7-8,13-16H2,(H,26,27,28);/q;+1/p-1. The Bertz CT molecular complexity index is 914. The summed E-state index contributed by atoms with van der Waals surface area (Å²) in [5.74, 6) is 0. The van der Waals surface area contributed by atoms with Crippen LogP contribution >= 0.6 is 0 Å². The van der Waals surface area contributed by atoms with Crippen molar-refractivity contribution in [3.8, 4) is 0 Å². The molecule has 0 saturated heterocycles. The van der Waals surface area contributed by atoms with E-state index in [1.54, 1.807) is 0 Å². The molecule has 1 fully saturated rings. The molecule has 0 amide bonds. The fourth-order valence-corrected chi connectivity index (χ4v) is 4.59. The summed E-state index contributed by atoms with van der Waals surface area (Å²) in [4.78, 5) is 4.99. The molecule has 0 N–H and O–H groups in total. The molecule has 2 aromatic carbocycles. The van der Waals surface area contributed by atoms with E-state index >= 15 is 0 Å². The average molecular weight is 453 g/mol. The van der Waals surface area contributed by atoms with Gasteiger partial charge in [0.05, 0.1) is 12.1 Å². The van der Waals surface area contributed by atoms with E-state index in [1.165, 1.54) is 0 Å². The minimum atomic E-state index is -4.96. The van der Waals surface area contributed by atoms with E-state index in [1.807, 2.05) is 60.7 Å². The van der Waals surface area contributed by atoms with Crippen molar-refractivity contribution in [1.82, 2.24) is 4.90 Å². The van der Waals surface area contributed by atoms with Crippen LogP contribution < -0.4 is 29.6 Å². The van der Waals surface area contributed by atoms with Crippen LogP contribution in [0.25, 0.3) is 10.4 Å². The summed E-state index contributed by atoms with van der Waals surface area (Å²) >= 11 is 0. The fourth-order valence-electron chi connectivity index (χ4n) is 4.06. The number of hydrogen-bond donors (Lipinski definition) is 0. The van der Waals surface area contributed by atoms with Crippen LogP contribution in [0, 0.1) is 0 Å². The molecule has 0 radical (unpaired) electrons. The third-order valence-electron chi connectivity index (χ3n) is 5.36. The van der Waals surface area contributed by atoms with Crippen molar-refractivity contribution >= 4 is 10.4 Å². The van der Waals surface area contributed by atoms with Gasteiger partial charge in [-0.15, -0.1) is 0 Å². The number of benzene rings is 2. The molecule has 3 rings (SSSR count). The number of nitrogens with zero attached hydrogens (tertiary/aromatic N) is 4. The van der Waals surface area contributed by atoms with Gasteiger partial charge in [0, 0.05) is 24.0 Å². The first-order valence-corrected chi connectivity index (χ1v) is 11.3. The van der Waals surface area contributed by atoms with Crippen LogP contribution in [0.3, 0.4) is 0 Å². The van der Waals surface area contributed by atoms with Crippen molar-refractivity contribution in [3.63, 3.8) is 0 Å². The number of rotatable bonds is 8. The molecule has 1 aliphatic rings. The monoisotopic (exact) mass is 452 g/mol. The van der Waals surface area contributed by atoms with Gasteiger partial charge in [-0.1, -0.05) is 78.6 Å². The minimum absolute atomic E-state index is 0. The molecule has 10 heteroatoms. The number of hydrogen-bond acceptors (Lipinski definition) is 6. The summed E-state index contributed by atoms with van der Waals surface area (Å²) in [5.41, 5.74) is 11.1. The first-order chi connectivity index (χ1) is 14.5. The molecule has 0 aromatic heterocycles. The van der Waals surface area contributed by atoms with Gasteiger partial charge in [0.15, 0.2) is 0 Å². The van der Waals surface area contributed by atoms with Crippen LogP contribution in [-0.4, -0.2) is 36.1 Å². The van der Waals surface area contributed by atoms with Crippen molar-refractivity contribution < 1.29 is 46.7 Å². The first-order valence-electron chi connectivity index (χ1n) is 9.96. The van der Waals surface area contributed by atoms with Crippen LogP contribution in [0.4, 0.5) is 0 Å². The third-order valence-corrected chi connectivity index (χ3v) is 5.82. The SMILES string of the molecule is [N-]=[N+]=NC1CCCCC(N(Cc2ccccc2)Cc2ccccc2)C1OS(=O)(=O)[O-].[Na+]. The van der Waals surface area contributed by atoms with Gasteiger partial charge in [-0.2, -0.15) is 0 Å². The Morgan fingerprint density at radius 2 is 1.52 bits per heavy atom. The Hall–Kier alpha value is -1.42. The van der Waals surface area contributed by atoms with E-state index in [9.17, 15) is 13.0 Å². The molecule has 0 aliphatic heterocycles. The maximum absolute atomic E-state index is 11.5. The summed E-state index contributed by atoms with van der Waals surface area (Å²) in [7, 11) is -4.96. The second-order valence-electron chi connectivity index (χ2n) is 7.47. The molecule has 160 valence electrons. The van der Waals surface area contributed by atoms with Crippen LogP contribution in [-0.2, 0) is 27.7 Å². The molecule has 0 spiro atoms. The summed E-state index contributed by atoms with van der Waals surface area (Å²) in [5, 5.41) is 3.78. The van der Waals surface area contributed by atoms with E-state index < -0.39 is 28.6 Å². The van der Waals surface area contributed by atoms with E-state index in [0.717, 1.165) is 24.0 Å².